The van der Waals surface area contributed by atoms with E-state index in [2.05, 4.69) is 20.9 Å². The molecule has 12 nitrogen and oxygen atoms in total. The van der Waals surface area contributed by atoms with Crippen molar-refractivity contribution >= 4 is 40.4 Å². The summed E-state index contributed by atoms with van der Waals surface area (Å²) in [5, 5.41) is 9.38. The summed E-state index contributed by atoms with van der Waals surface area (Å²) < 4.78 is 5.60. The predicted molar refractivity (Wildman–Crippen MR) is 167 cm³/mol. The van der Waals surface area contributed by atoms with E-state index in [1.54, 1.807) is 13.1 Å². The van der Waals surface area contributed by atoms with Crippen molar-refractivity contribution in [3.05, 3.63) is 71.9 Å². The van der Waals surface area contributed by atoms with E-state index in [0.717, 1.165) is 28.5 Å². The topological polar surface area (TPSA) is 153 Å². The number of H-pyrrole nitrogens is 1. The van der Waals surface area contributed by atoms with Crippen LogP contribution >= 0.6 is 0 Å². The molecule has 1 aromatic heterocycles. The van der Waals surface area contributed by atoms with Crippen LogP contribution in [0.5, 0.6) is 0 Å². The Morgan fingerprint density at radius 2 is 1.69 bits per heavy atom. The van der Waals surface area contributed by atoms with Gasteiger partial charge < -0.3 is 35.5 Å². The van der Waals surface area contributed by atoms with E-state index >= 15 is 0 Å². The molecule has 45 heavy (non-hydrogen) atoms. The molecular formula is C33H40N6O6. The molecule has 0 saturated carbocycles. The first-order valence-corrected chi connectivity index (χ1v) is 15.3. The van der Waals surface area contributed by atoms with Gasteiger partial charge in [-0.3, -0.25) is 24.0 Å². The molecule has 4 atom stereocenters. The molecule has 2 aromatic carbocycles. The number of carbonyl (C=O) groups excluding carboxylic acids is 5. The van der Waals surface area contributed by atoms with Gasteiger partial charge in [-0.2, -0.15) is 0 Å². The lowest BCUT2D eigenvalue weighted by Gasteiger charge is -2.30. The number of ether oxygens (including phenoxy) is 1. The number of carbonyl (C=O) groups is 5. The molecular weight excluding hydrogens is 576 g/mol. The van der Waals surface area contributed by atoms with Crippen LogP contribution < -0.4 is 16.0 Å². The van der Waals surface area contributed by atoms with Crippen LogP contribution in [0.3, 0.4) is 0 Å². The quantitative estimate of drug-likeness (QED) is 0.334. The SMILES string of the molecule is C[C@H]1C(=O)N[C@@H](Cc2ccccc2)C(=O)NCCN(C(=O)[C@@H]2CCCO2)CC(=O)N[C@@H](Cc2c[nH]c3ccccc23)C(=O)N1C. The van der Waals surface area contributed by atoms with Crippen LogP contribution in [0, 0.1) is 0 Å². The molecule has 0 radical (unpaired) electrons. The van der Waals surface area contributed by atoms with Crippen LogP contribution in [0.25, 0.3) is 10.9 Å². The van der Waals surface area contributed by atoms with Gasteiger partial charge in [-0.15, -0.1) is 0 Å². The Hall–Kier alpha value is -4.71. The van der Waals surface area contributed by atoms with Gasteiger partial charge in [0.25, 0.3) is 5.91 Å². The van der Waals surface area contributed by atoms with Crippen molar-refractivity contribution in [1.29, 1.82) is 0 Å². The van der Waals surface area contributed by atoms with Gasteiger partial charge >= 0.3 is 0 Å². The predicted octanol–water partition coefficient (Wildman–Crippen LogP) is 0.907. The smallest absolute Gasteiger partial charge is 0.252 e. The van der Waals surface area contributed by atoms with Crippen LogP contribution in [0.2, 0.25) is 0 Å². The van der Waals surface area contributed by atoms with Crippen LogP contribution in [0.15, 0.2) is 60.8 Å². The first kappa shape index (κ1) is 31.7. The van der Waals surface area contributed by atoms with Gasteiger partial charge in [0.2, 0.25) is 23.6 Å². The Balaban J connectivity index is 1.44. The van der Waals surface area contributed by atoms with E-state index in [1.807, 2.05) is 54.6 Å². The number of nitrogens with zero attached hydrogens (tertiary/aromatic N) is 2. The molecule has 0 unspecified atom stereocenters. The number of aromatic amines is 1. The highest BCUT2D eigenvalue weighted by Crippen LogP contribution is 2.20. The fourth-order valence-corrected chi connectivity index (χ4v) is 5.78. The summed E-state index contributed by atoms with van der Waals surface area (Å²) >= 11 is 0. The van der Waals surface area contributed by atoms with Crippen molar-refractivity contribution in [2.75, 3.05) is 33.3 Å². The molecule has 4 N–H and O–H groups in total. The van der Waals surface area contributed by atoms with Gasteiger partial charge in [-0.05, 0) is 37.0 Å². The number of fused-ring (bicyclic) bond motifs is 1. The summed E-state index contributed by atoms with van der Waals surface area (Å²) in [5.74, 6) is -2.31. The summed E-state index contributed by atoms with van der Waals surface area (Å²) in [6.45, 7) is 1.81. The van der Waals surface area contributed by atoms with Gasteiger partial charge in [0, 0.05) is 56.7 Å². The molecule has 0 aliphatic carbocycles. The van der Waals surface area contributed by atoms with Crippen molar-refractivity contribution in [3.63, 3.8) is 0 Å². The van der Waals surface area contributed by atoms with Crippen molar-refractivity contribution in [1.82, 2.24) is 30.7 Å². The minimum atomic E-state index is -1.03. The lowest BCUT2D eigenvalue weighted by Crippen LogP contribution is -2.57. The number of likely N-dealkylation sites (N-methyl/N-ethyl adjacent to an activating group) is 1. The van der Waals surface area contributed by atoms with Crippen LogP contribution in [-0.2, 0) is 41.6 Å². The number of nitrogens with one attached hydrogen (secondary N) is 4. The van der Waals surface area contributed by atoms with E-state index in [-0.39, 0.29) is 38.4 Å². The first-order chi connectivity index (χ1) is 21.7. The van der Waals surface area contributed by atoms with Crippen LogP contribution in [-0.4, -0.2) is 102 Å². The molecule has 0 spiro atoms. The molecule has 3 heterocycles. The van der Waals surface area contributed by atoms with E-state index in [0.29, 0.717) is 13.0 Å². The Morgan fingerprint density at radius 3 is 2.44 bits per heavy atom. The number of rotatable bonds is 5. The second-order valence-corrected chi connectivity index (χ2v) is 11.6. The van der Waals surface area contributed by atoms with E-state index in [9.17, 15) is 24.0 Å². The van der Waals surface area contributed by atoms with Gasteiger partial charge in [0.15, 0.2) is 0 Å². The number of benzene rings is 2. The van der Waals surface area contributed by atoms with Crippen molar-refractivity contribution < 1.29 is 28.7 Å². The summed E-state index contributed by atoms with van der Waals surface area (Å²) in [6, 6.07) is 14.0. The average molecular weight is 617 g/mol. The third kappa shape index (κ3) is 7.69. The van der Waals surface area contributed by atoms with Gasteiger partial charge in [0.05, 0.1) is 6.54 Å². The maximum Gasteiger partial charge on any atom is 0.252 e. The normalized spacial score (nSPS) is 24.0. The van der Waals surface area contributed by atoms with Crippen molar-refractivity contribution in [2.45, 2.75) is 56.8 Å². The van der Waals surface area contributed by atoms with Crippen LogP contribution in [0.1, 0.15) is 30.9 Å². The maximum atomic E-state index is 13.9. The highest BCUT2D eigenvalue weighted by molar-refractivity contribution is 5.95. The fourth-order valence-electron chi connectivity index (χ4n) is 5.78. The highest BCUT2D eigenvalue weighted by atomic mass is 16.5. The minimum Gasteiger partial charge on any atom is -0.368 e. The fraction of sp³-hybridized carbons (Fsp3) is 0.424. The first-order valence-electron chi connectivity index (χ1n) is 15.3. The third-order valence-electron chi connectivity index (χ3n) is 8.49. The van der Waals surface area contributed by atoms with E-state index < -0.39 is 47.9 Å². The molecule has 2 aliphatic heterocycles. The molecule has 5 rings (SSSR count). The Bertz CT molecular complexity index is 1530. The molecule has 2 fully saturated rings. The zero-order valence-electron chi connectivity index (χ0n) is 25.6. The maximum absolute atomic E-state index is 13.9. The second kappa shape index (κ2) is 14.4. The molecule has 2 aliphatic rings. The lowest BCUT2D eigenvalue weighted by atomic mass is 10.0. The zero-order chi connectivity index (χ0) is 31.9. The number of hydrogen-bond acceptors (Lipinski definition) is 6. The number of amides is 5. The minimum absolute atomic E-state index is 0.0429. The molecule has 5 amide bonds. The third-order valence-corrected chi connectivity index (χ3v) is 8.49. The van der Waals surface area contributed by atoms with E-state index in [4.69, 9.17) is 4.74 Å². The van der Waals surface area contributed by atoms with Gasteiger partial charge in [0.1, 0.15) is 24.2 Å². The summed E-state index contributed by atoms with van der Waals surface area (Å²) in [7, 11) is 1.50. The molecule has 0 bridgehead atoms. The van der Waals surface area contributed by atoms with E-state index in [1.165, 1.54) is 16.8 Å². The van der Waals surface area contributed by atoms with Crippen molar-refractivity contribution in [3.8, 4) is 0 Å². The van der Waals surface area contributed by atoms with Gasteiger partial charge in [-0.25, -0.2) is 0 Å². The Morgan fingerprint density at radius 1 is 0.933 bits per heavy atom. The number of hydrogen-bond donors (Lipinski definition) is 4. The monoisotopic (exact) mass is 616 g/mol. The number of aromatic nitrogens is 1. The Labute approximate surface area is 261 Å². The molecule has 2 saturated heterocycles. The second-order valence-electron chi connectivity index (χ2n) is 11.6. The summed E-state index contributed by atoms with van der Waals surface area (Å²) in [6.07, 6.45) is 2.79. The van der Waals surface area contributed by atoms with Crippen LogP contribution in [0.4, 0.5) is 0 Å². The molecule has 238 valence electrons. The lowest BCUT2D eigenvalue weighted by molar-refractivity contribution is -0.145. The summed E-state index contributed by atoms with van der Waals surface area (Å²) in [5.41, 5.74) is 2.55. The largest absolute Gasteiger partial charge is 0.368 e. The molecule has 3 aromatic rings. The highest BCUT2D eigenvalue weighted by Gasteiger charge is 2.34. The number of para-hydroxylation sites is 1. The summed E-state index contributed by atoms with van der Waals surface area (Å²) in [4.78, 5) is 73.5. The average Bonchev–Trinajstić information content (AvgIpc) is 3.73. The molecule has 12 heteroatoms. The zero-order valence-corrected chi connectivity index (χ0v) is 25.6. The standard InChI is InChI=1S/C33H40N6O6/c1-21-30(41)37-26(17-22-9-4-3-5-10-22)31(42)34-14-15-39(33(44)28-13-8-16-45-28)20-29(40)36-27(32(43)38(21)2)18-23-19-35-25-12-7-6-11-24(23)25/h3-7,9-12,19,21,26-28,35H,8,13-18,20H2,1-2H3,(H,34,42)(H,36,40)(H,37,41)/t21-,26-,27-,28-/m0/s1. The van der Waals surface area contributed by atoms with Crippen molar-refractivity contribution in [2.24, 2.45) is 0 Å². The Kier molecular flexibility index (Phi) is 10.1. The van der Waals surface area contributed by atoms with Gasteiger partial charge in [-0.1, -0.05) is 48.5 Å².